The van der Waals surface area contributed by atoms with Crippen molar-refractivity contribution in [2.75, 3.05) is 28.2 Å². The van der Waals surface area contributed by atoms with Crippen LogP contribution in [0.5, 0.6) is 0 Å². The smallest absolute Gasteiger partial charge is 0.197 e. The van der Waals surface area contributed by atoms with E-state index in [1.165, 1.54) is 0 Å². The minimum Gasteiger partial charge on any atom is -0.385 e. The van der Waals surface area contributed by atoms with E-state index in [4.69, 9.17) is 0 Å². The molecule has 3 rings (SSSR count). The number of anilines is 2. The summed E-state index contributed by atoms with van der Waals surface area (Å²) < 4.78 is 0.903. The molecule has 130 valence electrons. The Morgan fingerprint density at radius 2 is 1.52 bits per heavy atom. The predicted molar refractivity (Wildman–Crippen MR) is 113 cm³/mol. The molecule has 2 aromatic rings. The van der Waals surface area contributed by atoms with Crippen LogP contribution in [0.1, 0.15) is 44.3 Å². The molecule has 0 atom stereocenters. The largest absolute Gasteiger partial charge is 0.385 e. The van der Waals surface area contributed by atoms with Gasteiger partial charge in [-0.25, -0.2) is 0 Å². The minimum absolute atomic E-state index is 0.117. The molecule has 0 radical (unpaired) electrons. The molecular weight excluding hydrogens is 447 g/mol. The Morgan fingerprint density at radius 3 is 2.12 bits per heavy atom. The maximum Gasteiger partial charge on any atom is 0.197 e. The highest BCUT2D eigenvalue weighted by Gasteiger charge is 2.36. The molecule has 0 aromatic heterocycles. The van der Waals surface area contributed by atoms with Crippen molar-refractivity contribution in [3.05, 3.63) is 52.1 Å². The van der Waals surface area contributed by atoms with Gasteiger partial charge in [0, 0.05) is 44.9 Å². The second kappa shape index (κ2) is 7.37. The number of alkyl halides is 1. The Bertz CT molecular complexity index is 880. The molecule has 0 spiro atoms. The third-order valence-electron chi connectivity index (χ3n) is 4.28. The number of fused-ring (bicyclic) bond motifs is 2. The summed E-state index contributed by atoms with van der Waals surface area (Å²) in [5.74, 6) is -0.263. The van der Waals surface area contributed by atoms with Crippen molar-refractivity contribution < 1.29 is 9.59 Å². The Morgan fingerprint density at radius 1 is 0.920 bits per heavy atom. The number of benzene rings is 2. The van der Waals surface area contributed by atoms with Crippen molar-refractivity contribution in [3.63, 3.8) is 0 Å². The molecule has 0 heterocycles. The Labute approximate surface area is 166 Å². The van der Waals surface area contributed by atoms with Gasteiger partial charge in [-0.05, 0) is 37.6 Å². The fourth-order valence-corrected chi connectivity index (χ4v) is 3.77. The third-order valence-corrected chi connectivity index (χ3v) is 5.19. The second-order valence-electron chi connectivity index (χ2n) is 5.87. The lowest BCUT2D eigenvalue weighted by atomic mass is 9.80. The number of nitrogens with one attached hydrogen (secondary N) is 2. The highest BCUT2D eigenvalue weighted by atomic mass is 127. The van der Waals surface area contributed by atoms with E-state index in [9.17, 15) is 9.59 Å². The summed E-state index contributed by atoms with van der Waals surface area (Å²) in [6.45, 7) is 5.22. The van der Waals surface area contributed by atoms with Crippen LogP contribution in [0.15, 0.2) is 29.2 Å². The number of hydrogen-bond donors (Lipinski definition) is 3. The highest BCUT2D eigenvalue weighted by Crippen LogP contribution is 2.39. The van der Waals surface area contributed by atoms with E-state index in [0.29, 0.717) is 45.1 Å². The molecule has 0 aliphatic heterocycles. The standard InChI is InChI=1S/C19H19IN2O2S/c1-3-21-11-5-6-12(22-9-8-20)16-15(11)19(24)17-13(25)7-4-10(2)14(17)18(16)23/h4-7,21-22,25H,3,8-9H2,1-2H3. The van der Waals surface area contributed by atoms with Gasteiger partial charge >= 0.3 is 0 Å². The van der Waals surface area contributed by atoms with Crippen LogP contribution >= 0.6 is 35.2 Å². The quantitative estimate of drug-likeness (QED) is 0.298. The van der Waals surface area contributed by atoms with Gasteiger partial charge in [0.05, 0.1) is 11.1 Å². The summed E-state index contributed by atoms with van der Waals surface area (Å²) in [7, 11) is 0. The minimum atomic E-state index is -0.146. The molecule has 0 bridgehead atoms. The van der Waals surface area contributed by atoms with Gasteiger partial charge in [0.25, 0.3) is 0 Å². The summed E-state index contributed by atoms with van der Waals surface area (Å²) in [6, 6.07) is 7.35. The summed E-state index contributed by atoms with van der Waals surface area (Å²) in [6.07, 6.45) is 0. The number of halogens is 1. The van der Waals surface area contributed by atoms with Gasteiger partial charge in [-0.15, -0.1) is 12.6 Å². The van der Waals surface area contributed by atoms with Crippen molar-refractivity contribution in [1.82, 2.24) is 0 Å². The Kier molecular flexibility index (Phi) is 5.38. The first kappa shape index (κ1) is 18.3. The first-order chi connectivity index (χ1) is 12.0. The zero-order chi connectivity index (χ0) is 18.1. The van der Waals surface area contributed by atoms with Crippen molar-refractivity contribution in [3.8, 4) is 0 Å². The van der Waals surface area contributed by atoms with Crippen LogP contribution in [-0.2, 0) is 0 Å². The predicted octanol–water partition coefficient (Wildman–Crippen LogP) is 4.34. The summed E-state index contributed by atoms with van der Waals surface area (Å²) >= 11 is 6.71. The molecule has 0 saturated carbocycles. The van der Waals surface area contributed by atoms with Crippen molar-refractivity contribution in [1.29, 1.82) is 0 Å². The molecule has 1 aliphatic rings. The molecule has 0 amide bonds. The number of thiol groups is 1. The van der Waals surface area contributed by atoms with Crippen LogP contribution in [0.4, 0.5) is 11.4 Å². The number of carbonyl (C=O) groups excluding carboxylic acids is 2. The molecular formula is C19H19IN2O2S. The van der Waals surface area contributed by atoms with Crippen LogP contribution < -0.4 is 10.6 Å². The molecule has 0 fully saturated rings. The van der Waals surface area contributed by atoms with Crippen LogP contribution in [0.2, 0.25) is 0 Å². The number of carbonyl (C=O) groups is 2. The van der Waals surface area contributed by atoms with E-state index in [-0.39, 0.29) is 11.6 Å². The number of aryl methyl sites for hydroxylation is 1. The van der Waals surface area contributed by atoms with Crippen molar-refractivity contribution in [2.45, 2.75) is 18.7 Å². The summed E-state index contributed by atoms with van der Waals surface area (Å²) in [5.41, 5.74) is 3.98. The monoisotopic (exact) mass is 466 g/mol. The number of ketones is 2. The molecule has 6 heteroatoms. The van der Waals surface area contributed by atoms with Crippen molar-refractivity contribution >= 4 is 58.2 Å². The van der Waals surface area contributed by atoms with Gasteiger partial charge in [-0.3, -0.25) is 9.59 Å². The van der Waals surface area contributed by atoms with Crippen LogP contribution in [0.3, 0.4) is 0 Å². The van der Waals surface area contributed by atoms with E-state index >= 15 is 0 Å². The lowest BCUT2D eigenvalue weighted by Gasteiger charge is -2.25. The Balaban J connectivity index is 2.30. The van der Waals surface area contributed by atoms with Gasteiger partial charge in [0.15, 0.2) is 11.6 Å². The van der Waals surface area contributed by atoms with E-state index in [1.807, 2.05) is 32.0 Å². The van der Waals surface area contributed by atoms with E-state index in [0.717, 1.165) is 16.5 Å². The van der Waals surface area contributed by atoms with Gasteiger partial charge in [-0.2, -0.15) is 0 Å². The Hall–Kier alpha value is -1.54. The fourth-order valence-electron chi connectivity index (χ4n) is 3.21. The topological polar surface area (TPSA) is 58.2 Å². The molecule has 0 unspecified atom stereocenters. The lowest BCUT2D eigenvalue weighted by molar-refractivity contribution is 0.0977. The van der Waals surface area contributed by atoms with E-state index in [1.54, 1.807) is 6.07 Å². The molecule has 2 N–H and O–H groups in total. The van der Waals surface area contributed by atoms with Crippen LogP contribution in [-0.4, -0.2) is 29.1 Å². The van der Waals surface area contributed by atoms with Gasteiger partial charge < -0.3 is 10.6 Å². The normalized spacial score (nSPS) is 12.6. The lowest BCUT2D eigenvalue weighted by Crippen LogP contribution is -2.26. The molecule has 4 nitrogen and oxygen atoms in total. The number of hydrogen-bond acceptors (Lipinski definition) is 5. The average molecular weight is 466 g/mol. The maximum atomic E-state index is 13.3. The van der Waals surface area contributed by atoms with Gasteiger partial charge in [0.2, 0.25) is 0 Å². The maximum absolute atomic E-state index is 13.3. The van der Waals surface area contributed by atoms with Gasteiger partial charge in [0.1, 0.15) is 0 Å². The highest BCUT2D eigenvalue weighted by molar-refractivity contribution is 14.1. The first-order valence-corrected chi connectivity index (χ1v) is 10.1. The van der Waals surface area contributed by atoms with Crippen LogP contribution in [0.25, 0.3) is 0 Å². The zero-order valence-electron chi connectivity index (χ0n) is 14.1. The van der Waals surface area contributed by atoms with Crippen molar-refractivity contribution in [2.24, 2.45) is 0 Å². The molecule has 2 aromatic carbocycles. The van der Waals surface area contributed by atoms with E-state index in [2.05, 4.69) is 45.9 Å². The molecule has 0 saturated heterocycles. The fraction of sp³-hybridized carbons (Fsp3) is 0.263. The third kappa shape index (κ3) is 3.06. The summed E-state index contributed by atoms with van der Waals surface area (Å²) in [5, 5.41) is 6.49. The number of rotatable bonds is 5. The zero-order valence-corrected chi connectivity index (χ0v) is 17.1. The molecule has 1 aliphatic carbocycles. The average Bonchev–Trinajstić information content (AvgIpc) is 2.60. The van der Waals surface area contributed by atoms with Crippen LogP contribution in [0, 0.1) is 6.92 Å². The second-order valence-corrected chi connectivity index (χ2v) is 7.43. The first-order valence-electron chi connectivity index (χ1n) is 8.13. The SMILES string of the molecule is CCNc1ccc(NCCI)c2c1C(=O)c1c(S)ccc(C)c1C2=O. The van der Waals surface area contributed by atoms with E-state index < -0.39 is 0 Å². The molecule has 25 heavy (non-hydrogen) atoms. The summed E-state index contributed by atoms with van der Waals surface area (Å²) in [4.78, 5) is 27.1. The van der Waals surface area contributed by atoms with Gasteiger partial charge in [-0.1, -0.05) is 28.7 Å².